The highest BCUT2D eigenvalue weighted by atomic mass is 79.9. The zero-order chi connectivity index (χ0) is 13.5. The monoisotopic (exact) mass is 317 g/mol. The lowest BCUT2D eigenvalue weighted by Gasteiger charge is -2.14. The van der Waals surface area contributed by atoms with Gasteiger partial charge in [0.1, 0.15) is 11.5 Å². The summed E-state index contributed by atoms with van der Waals surface area (Å²) in [5.41, 5.74) is -0.0681. The summed E-state index contributed by atoms with van der Waals surface area (Å²) in [6.45, 7) is 1.47. The van der Waals surface area contributed by atoms with E-state index in [9.17, 15) is 4.39 Å². The van der Waals surface area contributed by atoms with Gasteiger partial charge in [-0.25, -0.2) is 14.1 Å². The number of halogens is 2. The molecule has 0 aliphatic heterocycles. The molecule has 96 valence electrons. The zero-order valence-electron chi connectivity index (χ0n) is 9.17. The molecule has 6 nitrogen and oxygen atoms in total. The van der Waals surface area contributed by atoms with E-state index in [0.717, 1.165) is 4.68 Å². The molecule has 0 saturated heterocycles. The first-order chi connectivity index (χ1) is 8.30. The Bertz CT molecular complexity index is 595. The Morgan fingerprint density at radius 2 is 2.00 bits per heavy atom. The van der Waals surface area contributed by atoms with Crippen molar-refractivity contribution in [2.75, 3.05) is 0 Å². The van der Waals surface area contributed by atoms with Crippen molar-refractivity contribution in [1.82, 2.24) is 14.8 Å². The van der Waals surface area contributed by atoms with Crippen LogP contribution in [0.25, 0.3) is 5.69 Å². The lowest BCUT2D eigenvalue weighted by atomic mass is 10.3. The van der Waals surface area contributed by atoms with Crippen LogP contribution in [-0.2, 0) is 5.97 Å². The van der Waals surface area contributed by atoms with Gasteiger partial charge in [-0.2, -0.15) is 5.10 Å². The van der Waals surface area contributed by atoms with Gasteiger partial charge in [-0.1, -0.05) is 6.07 Å². The summed E-state index contributed by atoms with van der Waals surface area (Å²) < 4.78 is 14.9. The van der Waals surface area contributed by atoms with E-state index in [4.69, 9.17) is 15.3 Å². The number of aliphatic hydroxyl groups is 3. The predicted octanol–water partition coefficient (Wildman–Crippen LogP) is 0.565. The van der Waals surface area contributed by atoms with Crippen molar-refractivity contribution in [3.05, 3.63) is 40.1 Å². The Hall–Kier alpha value is -1.35. The van der Waals surface area contributed by atoms with E-state index in [1.54, 1.807) is 0 Å². The first kappa shape index (κ1) is 13.1. The fourth-order valence-corrected chi connectivity index (χ4v) is 1.81. The summed E-state index contributed by atoms with van der Waals surface area (Å²) in [5.74, 6) is -4.29. The second-order valence-corrected chi connectivity index (χ2v) is 4.46. The molecule has 8 heteroatoms. The molecule has 0 fully saturated rings. The summed E-state index contributed by atoms with van der Waals surface area (Å²) in [4.78, 5) is 3.65. The summed E-state index contributed by atoms with van der Waals surface area (Å²) >= 11 is 3.00. The van der Waals surface area contributed by atoms with Crippen LogP contribution in [0.3, 0.4) is 0 Å². The van der Waals surface area contributed by atoms with Gasteiger partial charge >= 0.3 is 5.97 Å². The Balaban J connectivity index is 2.68. The molecule has 0 amide bonds. The minimum Gasteiger partial charge on any atom is -0.337 e. The summed E-state index contributed by atoms with van der Waals surface area (Å²) in [7, 11) is 0. The van der Waals surface area contributed by atoms with Gasteiger partial charge in [-0.05, 0) is 35.0 Å². The Morgan fingerprint density at radius 3 is 2.61 bits per heavy atom. The third kappa shape index (κ3) is 2.27. The molecule has 0 bridgehead atoms. The molecule has 1 heterocycles. The van der Waals surface area contributed by atoms with E-state index in [-0.39, 0.29) is 16.0 Å². The number of aromatic nitrogens is 3. The molecule has 0 spiro atoms. The average Bonchev–Trinajstić information content (AvgIpc) is 2.64. The Labute approximate surface area is 109 Å². The van der Waals surface area contributed by atoms with Gasteiger partial charge in [0.05, 0.1) is 4.47 Å². The average molecular weight is 318 g/mol. The first-order valence-corrected chi connectivity index (χ1v) is 5.65. The minimum atomic E-state index is -3.20. The highest BCUT2D eigenvalue weighted by molar-refractivity contribution is 9.10. The summed E-state index contributed by atoms with van der Waals surface area (Å²) in [5, 5.41) is 31.3. The molecular weight excluding hydrogens is 309 g/mol. The molecular formula is C10H9BrFN3O3. The van der Waals surface area contributed by atoms with Gasteiger partial charge in [0.2, 0.25) is 5.82 Å². The third-order valence-corrected chi connectivity index (χ3v) is 2.78. The highest BCUT2D eigenvalue weighted by Crippen LogP contribution is 2.24. The lowest BCUT2D eigenvalue weighted by Crippen LogP contribution is -2.29. The van der Waals surface area contributed by atoms with Crippen LogP contribution in [0.2, 0.25) is 0 Å². The van der Waals surface area contributed by atoms with Gasteiger partial charge in [-0.3, -0.25) is 0 Å². The molecule has 2 aromatic rings. The lowest BCUT2D eigenvalue weighted by molar-refractivity contribution is -0.329. The number of hydrogen-bond donors (Lipinski definition) is 3. The van der Waals surface area contributed by atoms with Gasteiger partial charge in [-0.15, -0.1) is 0 Å². The van der Waals surface area contributed by atoms with Gasteiger partial charge in [0, 0.05) is 0 Å². The van der Waals surface area contributed by atoms with Crippen molar-refractivity contribution < 1.29 is 19.7 Å². The van der Waals surface area contributed by atoms with Crippen LogP contribution in [0.4, 0.5) is 4.39 Å². The number of nitrogens with zero attached hydrogens (tertiary/aromatic N) is 3. The quantitative estimate of drug-likeness (QED) is 0.704. The van der Waals surface area contributed by atoms with Gasteiger partial charge in [0.15, 0.2) is 5.82 Å². The van der Waals surface area contributed by atoms with Crippen LogP contribution in [0.15, 0.2) is 22.7 Å². The largest absolute Gasteiger partial charge is 0.340 e. The molecule has 1 aromatic carbocycles. The number of benzene rings is 1. The van der Waals surface area contributed by atoms with Crippen LogP contribution in [0.1, 0.15) is 11.6 Å². The molecule has 0 aliphatic carbocycles. The molecule has 2 rings (SSSR count). The van der Waals surface area contributed by atoms with Crippen LogP contribution >= 0.6 is 15.9 Å². The van der Waals surface area contributed by atoms with E-state index in [2.05, 4.69) is 26.0 Å². The normalized spacial score (nSPS) is 11.9. The topological polar surface area (TPSA) is 91.4 Å². The van der Waals surface area contributed by atoms with E-state index in [1.165, 1.54) is 25.1 Å². The third-order valence-electron chi connectivity index (χ3n) is 2.17. The van der Waals surface area contributed by atoms with Gasteiger partial charge < -0.3 is 15.3 Å². The zero-order valence-corrected chi connectivity index (χ0v) is 10.8. The maximum Gasteiger partial charge on any atom is 0.340 e. The van der Waals surface area contributed by atoms with Crippen LogP contribution in [-0.4, -0.2) is 30.1 Å². The molecule has 3 N–H and O–H groups in total. The molecule has 0 atom stereocenters. The van der Waals surface area contributed by atoms with Crippen molar-refractivity contribution in [3.63, 3.8) is 0 Å². The molecule has 18 heavy (non-hydrogen) atoms. The van der Waals surface area contributed by atoms with Crippen LogP contribution < -0.4 is 0 Å². The minimum absolute atomic E-state index is 0.0681. The summed E-state index contributed by atoms with van der Waals surface area (Å²) in [6, 6.07) is 4.38. The fourth-order valence-electron chi connectivity index (χ4n) is 1.46. The second-order valence-electron chi connectivity index (χ2n) is 3.60. The van der Waals surface area contributed by atoms with Crippen molar-refractivity contribution in [1.29, 1.82) is 0 Å². The van der Waals surface area contributed by atoms with E-state index >= 15 is 0 Å². The van der Waals surface area contributed by atoms with E-state index < -0.39 is 17.6 Å². The Kier molecular flexibility index (Phi) is 3.20. The number of hydrogen-bond acceptors (Lipinski definition) is 5. The molecule has 0 unspecified atom stereocenters. The fraction of sp³-hybridized carbons (Fsp3) is 0.200. The van der Waals surface area contributed by atoms with E-state index in [1.807, 2.05) is 0 Å². The molecule has 0 radical (unpaired) electrons. The molecule has 1 aromatic heterocycles. The molecule has 0 aliphatic rings. The number of rotatable bonds is 2. The van der Waals surface area contributed by atoms with Crippen molar-refractivity contribution in [2.24, 2.45) is 0 Å². The van der Waals surface area contributed by atoms with Crippen molar-refractivity contribution >= 4 is 15.9 Å². The second kappa shape index (κ2) is 4.39. The van der Waals surface area contributed by atoms with Crippen LogP contribution in [0.5, 0.6) is 0 Å². The Morgan fingerprint density at radius 1 is 1.33 bits per heavy atom. The number of aryl methyl sites for hydroxylation is 1. The standard InChI is InChI=1S/C10H9BrFN3O3/c1-5-13-9(10(16,17)18)15(14-5)7-4-2-3-6(11)8(7)12/h2-4,16-18H,1H3. The van der Waals surface area contributed by atoms with Gasteiger partial charge in [0.25, 0.3) is 0 Å². The molecule has 0 saturated carbocycles. The maximum absolute atomic E-state index is 13.9. The van der Waals surface area contributed by atoms with Crippen LogP contribution in [0, 0.1) is 12.7 Å². The van der Waals surface area contributed by atoms with Crippen molar-refractivity contribution in [2.45, 2.75) is 12.9 Å². The first-order valence-electron chi connectivity index (χ1n) is 4.86. The maximum atomic E-state index is 13.9. The predicted molar refractivity (Wildman–Crippen MR) is 62.1 cm³/mol. The SMILES string of the molecule is Cc1nc(C(O)(O)O)n(-c2cccc(Br)c2F)n1. The summed E-state index contributed by atoms with van der Waals surface area (Å²) in [6.07, 6.45) is 0. The highest BCUT2D eigenvalue weighted by Gasteiger charge is 2.31. The van der Waals surface area contributed by atoms with Crippen molar-refractivity contribution in [3.8, 4) is 5.69 Å². The van der Waals surface area contributed by atoms with E-state index in [0.29, 0.717) is 0 Å². The smallest absolute Gasteiger partial charge is 0.337 e.